The third-order valence-electron chi connectivity index (χ3n) is 3.66. The highest BCUT2D eigenvalue weighted by Gasteiger charge is 2.30. The number of benzene rings is 1. The summed E-state index contributed by atoms with van der Waals surface area (Å²) >= 11 is 0. The Balaban J connectivity index is 2.63. The van der Waals surface area contributed by atoms with Gasteiger partial charge < -0.3 is 4.74 Å². The Bertz CT molecular complexity index is 755. The van der Waals surface area contributed by atoms with E-state index >= 15 is 0 Å². The van der Waals surface area contributed by atoms with Gasteiger partial charge in [-0.2, -0.15) is 0 Å². The lowest BCUT2D eigenvalue weighted by Crippen LogP contribution is -2.35. The highest BCUT2D eigenvalue weighted by atomic mass is 16.6. The van der Waals surface area contributed by atoms with Gasteiger partial charge in [-0.05, 0) is 62.4 Å². The van der Waals surface area contributed by atoms with Crippen LogP contribution in [0.4, 0.5) is 16.3 Å². The largest absolute Gasteiger partial charge is 0.443 e. The van der Waals surface area contributed by atoms with Crippen LogP contribution in [0, 0.1) is 6.92 Å². The molecule has 1 aromatic heterocycles. The Kier molecular flexibility index (Phi) is 5.21. The third-order valence-corrected chi connectivity index (χ3v) is 3.66. The number of aryl methyl sites for hydroxylation is 1. The first-order valence-corrected chi connectivity index (χ1v) is 8.54. The molecule has 0 aliphatic carbocycles. The number of rotatable bonds is 2. The van der Waals surface area contributed by atoms with Crippen molar-refractivity contribution < 1.29 is 9.53 Å². The quantitative estimate of drug-likeness (QED) is 0.698. The van der Waals surface area contributed by atoms with Crippen LogP contribution >= 0.6 is 0 Å². The molecule has 2 aromatic rings. The SMILES string of the molecule is Cc1ccnc(N(C(=O)OC(C)(C)C)c2ccccc2C(C)(C)C)c1. The lowest BCUT2D eigenvalue weighted by molar-refractivity contribution is 0.0598. The van der Waals surface area contributed by atoms with Crippen molar-refractivity contribution in [2.45, 2.75) is 59.5 Å². The molecule has 0 atom stereocenters. The molecule has 1 heterocycles. The number of nitrogens with zero attached hydrogens (tertiary/aromatic N) is 2. The van der Waals surface area contributed by atoms with Crippen molar-refractivity contribution in [2.24, 2.45) is 0 Å². The summed E-state index contributed by atoms with van der Waals surface area (Å²) in [5, 5.41) is 0. The van der Waals surface area contributed by atoms with Crippen LogP contribution in [0.3, 0.4) is 0 Å². The number of anilines is 2. The van der Waals surface area contributed by atoms with E-state index in [1.165, 1.54) is 0 Å². The zero-order valence-corrected chi connectivity index (χ0v) is 16.3. The molecule has 0 bridgehead atoms. The number of ether oxygens (including phenoxy) is 1. The minimum absolute atomic E-state index is 0.124. The van der Waals surface area contributed by atoms with Crippen LogP contribution in [-0.4, -0.2) is 16.7 Å². The summed E-state index contributed by atoms with van der Waals surface area (Å²) in [6, 6.07) is 11.7. The number of hydrogen-bond donors (Lipinski definition) is 0. The Hall–Kier alpha value is -2.36. The lowest BCUT2D eigenvalue weighted by Gasteiger charge is -2.31. The van der Waals surface area contributed by atoms with Gasteiger partial charge in [0.1, 0.15) is 11.4 Å². The Labute approximate surface area is 150 Å². The number of carbonyl (C=O) groups excluding carboxylic acids is 1. The van der Waals surface area contributed by atoms with Crippen molar-refractivity contribution in [3.63, 3.8) is 0 Å². The molecular weight excluding hydrogens is 312 g/mol. The van der Waals surface area contributed by atoms with E-state index in [0.717, 1.165) is 16.8 Å². The molecule has 0 saturated carbocycles. The fourth-order valence-electron chi connectivity index (χ4n) is 2.57. The third kappa shape index (κ3) is 4.81. The molecule has 1 amide bonds. The molecule has 0 spiro atoms. The lowest BCUT2D eigenvalue weighted by atomic mass is 9.85. The number of hydrogen-bond acceptors (Lipinski definition) is 3. The van der Waals surface area contributed by atoms with E-state index in [0.29, 0.717) is 5.82 Å². The molecule has 4 nitrogen and oxygen atoms in total. The van der Waals surface area contributed by atoms with Crippen molar-refractivity contribution in [3.05, 3.63) is 53.7 Å². The number of pyridine rings is 1. The molecule has 25 heavy (non-hydrogen) atoms. The van der Waals surface area contributed by atoms with Crippen LogP contribution in [0.5, 0.6) is 0 Å². The Morgan fingerprint density at radius 3 is 2.24 bits per heavy atom. The maximum absolute atomic E-state index is 13.0. The predicted octanol–water partition coefficient (Wildman–Crippen LogP) is 5.76. The molecule has 4 heteroatoms. The van der Waals surface area contributed by atoms with Crippen molar-refractivity contribution in [1.82, 2.24) is 4.98 Å². The topological polar surface area (TPSA) is 42.4 Å². The van der Waals surface area contributed by atoms with E-state index in [4.69, 9.17) is 4.74 Å². The molecule has 0 saturated heterocycles. The van der Waals surface area contributed by atoms with E-state index in [2.05, 4.69) is 25.8 Å². The van der Waals surface area contributed by atoms with Gasteiger partial charge in [0.05, 0.1) is 5.69 Å². The van der Waals surface area contributed by atoms with Crippen molar-refractivity contribution in [3.8, 4) is 0 Å². The van der Waals surface area contributed by atoms with Gasteiger partial charge in [-0.1, -0.05) is 39.0 Å². The highest BCUT2D eigenvalue weighted by molar-refractivity contribution is 5.96. The van der Waals surface area contributed by atoms with E-state index in [1.807, 2.05) is 64.1 Å². The first-order valence-electron chi connectivity index (χ1n) is 8.54. The average Bonchev–Trinajstić information content (AvgIpc) is 2.45. The summed E-state index contributed by atoms with van der Waals surface area (Å²) < 4.78 is 5.66. The van der Waals surface area contributed by atoms with Gasteiger partial charge in [-0.15, -0.1) is 0 Å². The summed E-state index contributed by atoms with van der Waals surface area (Å²) in [4.78, 5) is 19.0. The summed E-state index contributed by atoms with van der Waals surface area (Å²) in [6.45, 7) is 14.0. The summed E-state index contributed by atoms with van der Waals surface area (Å²) in [6.07, 6.45) is 1.28. The van der Waals surface area contributed by atoms with E-state index < -0.39 is 11.7 Å². The van der Waals surface area contributed by atoms with Crippen LogP contribution in [0.2, 0.25) is 0 Å². The number of para-hydroxylation sites is 1. The van der Waals surface area contributed by atoms with Crippen LogP contribution in [-0.2, 0) is 10.2 Å². The maximum atomic E-state index is 13.0. The van der Waals surface area contributed by atoms with E-state index in [-0.39, 0.29) is 5.41 Å². The van der Waals surface area contributed by atoms with Crippen molar-refractivity contribution in [2.75, 3.05) is 4.90 Å². The van der Waals surface area contributed by atoms with E-state index in [1.54, 1.807) is 11.1 Å². The second-order valence-electron chi connectivity index (χ2n) is 8.27. The average molecular weight is 340 g/mol. The summed E-state index contributed by atoms with van der Waals surface area (Å²) in [5.41, 5.74) is 2.18. The Morgan fingerprint density at radius 1 is 1.04 bits per heavy atom. The first-order chi connectivity index (χ1) is 11.5. The zero-order chi connectivity index (χ0) is 18.8. The van der Waals surface area contributed by atoms with Gasteiger partial charge in [0.15, 0.2) is 0 Å². The van der Waals surface area contributed by atoms with Gasteiger partial charge in [0.2, 0.25) is 0 Å². The van der Waals surface area contributed by atoms with E-state index in [9.17, 15) is 4.79 Å². The molecule has 0 aliphatic rings. The molecule has 0 aliphatic heterocycles. The van der Waals surface area contributed by atoms with Gasteiger partial charge in [0.25, 0.3) is 0 Å². The molecule has 0 fully saturated rings. The predicted molar refractivity (Wildman–Crippen MR) is 102 cm³/mol. The van der Waals surface area contributed by atoms with Gasteiger partial charge in [-0.3, -0.25) is 0 Å². The molecule has 2 rings (SSSR count). The Morgan fingerprint density at radius 2 is 1.68 bits per heavy atom. The minimum Gasteiger partial charge on any atom is -0.443 e. The van der Waals surface area contributed by atoms with Crippen LogP contribution < -0.4 is 4.90 Å². The maximum Gasteiger partial charge on any atom is 0.420 e. The molecule has 0 N–H and O–H groups in total. The molecular formula is C21H28N2O2. The fraction of sp³-hybridized carbons (Fsp3) is 0.429. The number of aromatic nitrogens is 1. The van der Waals surface area contributed by atoms with Crippen LogP contribution in [0.1, 0.15) is 52.7 Å². The summed E-state index contributed by atoms with van der Waals surface area (Å²) in [7, 11) is 0. The monoisotopic (exact) mass is 340 g/mol. The second kappa shape index (κ2) is 6.87. The second-order valence-corrected chi connectivity index (χ2v) is 8.27. The highest BCUT2D eigenvalue weighted by Crippen LogP contribution is 2.36. The van der Waals surface area contributed by atoms with Crippen LogP contribution in [0.25, 0.3) is 0 Å². The molecule has 1 aromatic carbocycles. The van der Waals surface area contributed by atoms with Crippen molar-refractivity contribution >= 4 is 17.6 Å². The normalized spacial score (nSPS) is 12.0. The van der Waals surface area contributed by atoms with Crippen LogP contribution in [0.15, 0.2) is 42.6 Å². The number of carbonyl (C=O) groups is 1. The first kappa shape index (κ1) is 19.0. The smallest absolute Gasteiger partial charge is 0.420 e. The minimum atomic E-state index is -0.587. The van der Waals surface area contributed by atoms with Crippen molar-refractivity contribution in [1.29, 1.82) is 0 Å². The van der Waals surface area contributed by atoms with Gasteiger partial charge in [0, 0.05) is 6.20 Å². The van der Waals surface area contributed by atoms with Gasteiger partial charge in [-0.25, -0.2) is 14.7 Å². The molecule has 0 radical (unpaired) electrons. The number of amides is 1. The van der Waals surface area contributed by atoms with Gasteiger partial charge >= 0.3 is 6.09 Å². The zero-order valence-electron chi connectivity index (χ0n) is 16.3. The standard InChI is InChI=1S/C21H28N2O2/c1-15-12-13-22-18(14-15)23(19(24)25-21(5,6)7)17-11-9-8-10-16(17)20(2,3)4/h8-14H,1-7H3. The fourth-order valence-corrected chi connectivity index (χ4v) is 2.57. The molecule has 0 unspecified atom stereocenters. The molecule has 134 valence electrons. The summed E-state index contributed by atoms with van der Waals surface area (Å²) in [5.74, 6) is 0.561.